The number of hydrogen-bond donors (Lipinski definition) is 2. The van der Waals surface area contributed by atoms with E-state index in [0.29, 0.717) is 6.42 Å². The molecule has 0 aliphatic carbocycles. The molecule has 6 heteroatoms. The SMILES string of the molecule is CCCCC1(C)NC(=O)N(CC(O)COc2c(C)ccc(C)c2C)C1=O. The van der Waals surface area contributed by atoms with Crippen LogP contribution in [0.4, 0.5) is 4.79 Å². The molecule has 26 heavy (non-hydrogen) atoms. The van der Waals surface area contributed by atoms with Gasteiger partial charge in [-0.05, 0) is 50.8 Å². The average Bonchev–Trinajstić information content (AvgIpc) is 2.80. The molecular formula is C20H30N2O4. The first-order valence-electron chi connectivity index (χ1n) is 9.21. The van der Waals surface area contributed by atoms with Crippen molar-refractivity contribution in [2.24, 2.45) is 0 Å². The maximum Gasteiger partial charge on any atom is 0.325 e. The van der Waals surface area contributed by atoms with Crippen molar-refractivity contribution in [1.29, 1.82) is 0 Å². The number of rotatable bonds is 8. The highest BCUT2D eigenvalue weighted by molar-refractivity contribution is 6.06. The van der Waals surface area contributed by atoms with Gasteiger partial charge in [-0.15, -0.1) is 0 Å². The number of β-amino-alcohol motifs (C(OH)–C–C–N with tert-alkyl or cyclic N) is 1. The number of aliphatic hydroxyl groups is 1. The standard InChI is InChI=1S/C20H30N2O4/c1-6-7-10-20(5)18(24)22(19(25)21-20)11-16(23)12-26-17-14(3)9-8-13(2)15(17)4/h8-9,16,23H,6-7,10-12H2,1-5H3,(H,21,25). The van der Waals surface area contributed by atoms with Crippen LogP contribution in [0.2, 0.25) is 0 Å². The van der Waals surface area contributed by atoms with Crippen molar-refractivity contribution in [3.05, 3.63) is 28.8 Å². The molecule has 2 unspecified atom stereocenters. The number of ether oxygens (including phenoxy) is 1. The third-order valence-electron chi connectivity index (χ3n) is 5.06. The van der Waals surface area contributed by atoms with Crippen molar-refractivity contribution in [3.63, 3.8) is 0 Å². The Morgan fingerprint density at radius 1 is 1.23 bits per heavy atom. The molecule has 0 radical (unpaired) electrons. The molecule has 2 atom stereocenters. The number of nitrogens with zero attached hydrogens (tertiary/aromatic N) is 1. The largest absolute Gasteiger partial charge is 0.490 e. The van der Waals surface area contributed by atoms with Crippen LogP contribution in [0.3, 0.4) is 0 Å². The number of aryl methyl sites for hydroxylation is 2. The lowest BCUT2D eigenvalue weighted by atomic mass is 9.95. The zero-order valence-electron chi connectivity index (χ0n) is 16.4. The van der Waals surface area contributed by atoms with Crippen LogP contribution in [0.5, 0.6) is 5.75 Å². The van der Waals surface area contributed by atoms with Gasteiger partial charge < -0.3 is 15.2 Å². The summed E-state index contributed by atoms with van der Waals surface area (Å²) in [5.41, 5.74) is 2.25. The summed E-state index contributed by atoms with van der Waals surface area (Å²) in [6.07, 6.45) is 1.45. The second kappa shape index (κ2) is 8.08. The summed E-state index contributed by atoms with van der Waals surface area (Å²) in [5.74, 6) is 0.465. The van der Waals surface area contributed by atoms with Crippen LogP contribution >= 0.6 is 0 Å². The number of amides is 3. The third-order valence-corrected chi connectivity index (χ3v) is 5.06. The molecule has 1 heterocycles. The summed E-state index contributed by atoms with van der Waals surface area (Å²) < 4.78 is 5.79. The quantitative estimate of drug-likeness (QED) is 0.697. The minimum absolute atomic E-state index is 0.0217. The summed E-state index contributed by atoms with van der Waals surface area (Å²) in [5, 5.41) is 13.1. The molecule has 0 spiro atoms. The minimum Gasteiger partial charge on any atom is -0.490 e. The molecule has 1 aromatic rings. The highest BCUT2D eigenvalue weighted by Crippen LogP contribution is 2.26. The number of unbranched alkanes of at least 4 members (excludes halogenated alkanes) is 1. The number of hydrogen-bond acceptors (Lipinski definition) is 4. The Morgan fingerprint density at radius 2 is 1.88 bits per heavy atom. The number of imide groups is 1. The van der Waals surface area contributed by atoms with Crippen molar-refractivity contribution in [1.82, 2.24) is 10.2 Å². The van der Waals surface area contributed by atoms with E-state index < -0.39 is 17.7 Å². The molecule has 2 rings (SSSR count). The second-order valence-electron chi connectivity index (χ2n) is 7.40. The lowest BCUT2D eigenvalue weighted by Gasteiger charge is -2.23. The normalized spacial score (nSPS) is 21.1. The Morgan fingerprint density at radius 3 is 2.54 bits per heavy atom. The third kappa shape index (κ3) is 4.18. The van der Waals surface area contributed by atoms with Crippen LogP contribution in [0.15, 0.2) is 12.1 Å². The Balaban J connectivity index is 1.98. The predicted octanol–water partition coefficient (Wildman–Crippen LogP) is 2.85. The van der Waals surface area contributed by atoms with Gasteiger partial charge in [0.2, 0.25) is 0 Å². The van der Waals surface area contributed by atoms with Gasteiger partial charge in [-0.3, -0.25) is 9.69 Å². The van der Waals surface area contributed by atoms with Gasteiger partial charge in [0.25, 0.3) is 5.91 Å². The molecule has 0 saturated carbocycles. The molecule has 6 nitrogen and oxygen atoms in total. The van der Waals surface area contributed by atoms with Gasteiger partial charge in [-0.2, -0.15) is 0 Å². The zero-order chi connectivity index (χ0) is 19.5. The molecular weight excluding hydrogens is 332 g/mol. The van der Waals surface area contributed by atoms with Crippen molar-refractivity contribution in [2.45, 2.75) is 65.5 Å². The highest BCUT2D eigenvalue weighted by Gasteiger charge is 2.47. The Bertz CT molecular complexity index is 689. The smallest absolute Gasteiger partial charge is 0.325 e. The summed E-state index contributed by atoms with van der Waals surface area (Å²) in [7, 11) is 0. The van der Waals surface area contributed by atoms with Crippen molar-refractivity contribution in [2.75, 3.05) is 13.2 Å². The van der Waals surface area contributed by atoms with Gasteiger partial charge in [0, 0.05) is 0 Å². The van der Waals surface area contributed by atoms with Gasteiger partial charge in [-0.1, -0.05) is 31.9 Å². The molecule has 1 aliphatic rings. The highest BCUT2D eigenvalue weighted by atomic mass is 16.5. The number of carbonyl (C=O) groups is 2. The summed E-state index contributed by atoms with van der Waals surface area (Å²) in [6, 6.07) is 3.55. The molecule has 3 amide bonds. The Kier molecular flexibility index (Phi) is 6.29. The van der Waals surface area contributed by atoms with E-state index in [2.05, 4.69) is 5.32 Å². The van der Waals surface area contributed by atoms with Crippen molar-refractivity contribution >= 4 is 11.9 Å². The van der Waals surface area contributed by atoms with Gasteiger partial charge in [0.1, 0.15) is 24.0 Å². The number of aliphatic hydroxyl groups excluding tert-OH is 1. The summed E-state index contributed by atoms with van der Waals surface area (Å²) in [6.45, 7) is 9.65. The van der Waals surface area contributed by atoms with E-state index in [1.807, 2.05) is 39.8 Å². The number of nitrogens with one attached hydrogen (secondary N) is 1. The monoisotopic (exact) mass is 362 g/mol. The molecule has 1 aliphatic heterocycles. The predicted molar refractivity (Wildman–Crippen MR) is 100 cm³/mol. The van der Waals surface area contributed by atoms with E-state index in [1.54, 1.807) is 6.92 Å². The maximum absolute atomic E-state index is 12.6. The molecule has 0 aromatic heterocycles. The fourth-order valence-electron chi connectivity index (χ4n) is 3.20. The Labute approximate surface area is 155 Å². The first-order chi connectivity index (χ1) is 12.2. The van der Waals surface area contributed by atoms with E-state index >= 15 is 0 Å². The minimum atomic E-state index is -0.947. The van der Waals surface area contributed by atoms with Crippen LogP contribution in [-0.4, -0.2) is 46.7 Å². The molecule has 1 saturated heterocycles. The fraction of sp³-hybridized carbons (Fsp3) is 0.600. The van der Waals surface area contributed by atoms with Gasteiger partial charge in [0.05, 0.1) is 6.54 Å². The van der Waals surface area contributed by atoms with E-state index in [0.717, 1.165) is 40.2 Å². The number of urea groups is 1. The molecule has 0 bridgehead atoms. The zero-order valence-corrected chi connectivity index (χ0v) is 16.4. The number of carbonyl (C=O) groups excluding carboxylic acids is 2. The molecule has 2 N–H and O–H groups in total. The van der Waals surface area contributed by atoms with Gasteiger partial charge in [0.15, 0.2) is 0 Å². The second-order valence-corrected chi connectivity index (χ2v) is 7.40. The van der Waals surface area contributed by atoms with Crippen LogP contribution in [0, 0.1) is 20.8 Å². The van der Waals surface area contributed by atoms with Crippen molar-refractivity contribution in [3.8, 4) is 5.75 Å². The van der Waals surface area contributed by atoms with Crippen LogP contribution < -0.4 is 10.1 Å². The summed E-state index contributed by atoms with van der Waals surface area (Å²) >= 11 is 0. The Hall–Kier alpha value is -2.08. The fourth-order valence-corrected chi connectivity index (χ4v) is 3.20. The molecule has 144 valence electrons. The topological polar surface area (TPSA) is 78.9 Å². The summed E-state index contributed by atoms with van der Waals surface area (Å²) in [4.78, 5) is 25.9. The van der Waals surface area contributed by atoms with Crippen molar-refractivity contribution < 1.29 is 19.4 Å². The lowest BCUT2D eigenvalue weighted by Crippen LogP contribution is -2.45. The van der Waals surface area contributed by atoms with E-state index in [4.69, 9.17) is 4.74 Å². The van der Waals surface area contributed by atoms with Crippen LogP contribution in [0.25, 0.3) is 0 Å². The first-order valence-corrected chi connectivity index (χ1v) is 9.21. The van der Waals surface area contributed by atoms with Gasteiger partial charge in [-0.25, -0.2) is 4.79 Å². The number of benzene rings is 1. The van der Waals surface area contributed by atoms with E-state index in [-0.39, 0.29) is 19.1 Å². The van der Waals surface area contributed by atoms with E-state index in [9.17, 15) is 14.7 Å². The van der Waals surface area contributed by atoms with E-state index in [1.165, 1.54) is 0 Å². The van der Waals surface area contributed by atoms with Crippen LogP contribution in [0.1, 0.15) is 49.8 Å². The molecule has 1 aromatic carbocycles. The lowest BCUT2D eigenvalue weighted by molar-refractivity contribution is -0.132. The molecule has 1 fully saturated rings. The average molecular weight is 362 g/mol. The maximum atomic E-state index is 12.6. The van der Waals surface area contributed by atoms with Crippen LogP contribution in [-0.2, 0) is 4.79 Å². The first kappa shape index (κ1) is 20.2. The van der Waals surface area contributed by atoms with Gasteiger partial charge >= 0.3 is 6.03 Å².